The van der Waals surface area contributed by atoms with E-state index in [1.165, 1.54) is 23.5 Å². The summed E-state index contributed by atoms with van der Waals surface area (Å²) in [6, 6.07) is 12.0. The molecule has 1 aliphatic heterocycles. The van der Waals surface area contributed by atoms with E-state index in [9.17, 15) is 9.18 Å². The summed E-state index contributed by atoms with van der Waals surface area (Å²) in [6.07, 6.45) is 1.96. The number of nitrogens with zero attached hydrogens (tertiary/aromatic N) is 3. The number of hydrogen-bond donors (Lipinski definition) is 1. The zero-order valence-electron chi connectivity index (χ0n) is 15.5. The van der Waals surface area contributed by atoms with Gasteiger partial charge in [-0.2, -0.15) is 0 Å². The first-order valence-electron chi connectivity index (χ1n) is 8.82. The molecule has 1 N–H and O–H groups in total. The number of pyridine rings is 1. The van der Waals surface area contributed by atoms with E-state index in [0.717, 1.165) is 28.5 Å². The third kappa shape index (κ3) is 5.51. The standard InChI is InChI=1S/C20H19FN4OS.2ClH/c21-15-5-3-4-14(10-15)18-12-22-8-9-25(18)19(26)11-16-13-27-20(24-16)17-6-1-2-7-23-17;;/h1-7,10,13,18,22H,8-9,11-12H2;2*1H. The van der Waals surface area contributed by atoms with E-state index in [4.69, 9.17) is 0 Å². The van der Waals surface area contributed by atoms with Crippen LogP contribution in [0.5, 0.6) is 0 Å². The van der Waals surface area contributed by atoms with Crippen molar-refractivity contribution in [1.29, 1.82) is 0 Å². The van der Waals surface area contributed by atoms with Crippen LogP contribution in [0.4, 0.5) is 4.39 Å². The van der Waals surface area contributed by atoms with Gasteiger partial charge in [0, 0.05) is 31.2 Å². The highest BCUT2D eigenvalue weighted by molar-refractivity contribution is 7.13. The quantitative estimate of drug-likeness (QED) is 0.649. The van der Waals surface area contributed by atoms with Crippen molar-refractivity contribution in [2.75, 3.05) is 19.6 Å². The molecule has 29 heavy (non-hydrogen) atoms. The van der Waals surface area contributed by atoms with Crippen LogP contribution in [0, 0.1) is 5.82 Å². The molecule has 1 fully saturated rings. The number of carbonyl (C=O) groups is 1. The van der Waals surface area contributed by atoms with E-state index >= 15 is 0 Å². The van der Waals surface area contributed by atoms with Gasteiger partial charge in [0.1, 0.15) is 10.8 Å². The van der Waals surface area contributed by atoms with Gasteiger partial charge in [0.05, 0.1) is 23.9 Å². The molecular formula is C20H21Cl2FN4OS. The van der Waals surface area contributed by atoms with Crippen LogP contribution < -0.4 is 5.32 Å². The fourth-order valence-electron chi connectivity index (χ4n) is 3.27. The Balaban J connectivity index is 0.00000150. The number of nitrogens with one attached hydrogen (secondary N) is 1. The van der Waals surface area contributed by atoms with Crippen molar-refractivity contribution >= 4 is 42.1 Å². The lowest BCUT2D eigenvalue weighted by Gasteiger charge is -2.36. The molecule has 154 valence electrons. The van der Waals surface area contributed by atoms with E-state index in [1.54, 1.807) is 12.3 Å². The number of thiazole rings is 1. The van der Waals surface area contributed by atoms with Crippen LogP contribution in [0.15, 0.2) is 54.0 Å². The summed E-state index contributed by atoms with van der Waals surface area (Å²) < 4.78 is 13.6. The Labute approximate surface area is 185 Å². The number of halogens is 3. The molecule has 5 nitrogen and oxygen atoms in total. The van der Waals surface area contributed by atoms with Gasteiger partial charge in [0.15, 0.2) is 0 Å². The normalized spacial score (nSPS) is 15.9. The van der Waals surface area contributed by atoms with Gasteiger partial charge in [0.25, 0.3) is 0 Å². The number of benzene rings is 1. The van der Waals surface area contributed by atoms with Crippen molar-refractivity contribution in [3.05, 3.63) is 71.1 Å². The monoisotopic (exact) mass is 454 g/mol. The van der Waals surface area contributed by atoms with Crippen molar-refractivity contribution in [2.24, 2.45) is 0 Å². The highest BCUT2D eigenvalue weighted by atomic mass is 35.5. The number of aromatic nitrogens is 2. The van der Waals surface area contributed by atoms with Crippen molar-refractivity contribution in [3.63, 3.8) is 0 Å². The summed E-state index contributed by atoms with van der Waals surface area (Å²) in [6.45, 7) is 1.94. The molecule has 0 saturated carbocycles. The van der Waals surface area contributed by atoms with E-state index in [0.29, 0.717) is 13.1 Å². The van der Waals surface area contributed by atoms with Gasteiger partial charge >= 0.3 is 0 Å². The number of carbonyl (C=O) groups excluding carboxylic acids is 1. The Kier molecular flexibility index (Phi) is 8.52. The van der Waals surface area contributed by atoms with E-state index < -0.39 is 0 Å². The molecule has 1 aromatic carbocycles. The molecule has 0 radical (unpaired) electrons. The SMILES string of the molecule is Cl.Cl.O=C(Cc1csc(-c2ccccn2)n1)N1CCNCC1c1cccc(F)c1. The summed E-state index contributed by atoms with van der Waals surface area (Å²) in [5.41, 5.74) is 2.35. The highest BCUT2D eigenvalue weighted by Crippen LogP contribution is 2.25. The number of piperazine rings is 1. The zero-order valence-corrected chi connectivity index (χ0v) is 17.9. The third-order valence-corrected chi connectivity index (χ3v) is 5.48. The predicted molar refractivity (Wildman–Crippen MR) is 117 cm³/mol. The Bertz CT molecular complexity index is 941. The molecule has 2 aromatic heterocycles. The lowest BCUT2D eigenvalue weighted by molar-refractivity contribution is -0.133. The van der Waals surface area contributed by atoms with Crippen LogP contribution in [0.2, 0.25) is 0 Å². The maximum absolute atomic E-state index is 13.6. The second-order valence-corrected chi connectivity index (χ2v) is 7.26. The molecule has 1 unspecified atom stereocenters. The summed E-state index contributed by atoms with van der Waals surface area (Å²) in [5, 5.41) is 6.00. The minimum Gasteiger partial charge on any atom is -0.333 e. The zero-order chi connectivity index (χ0) is 18.6. The number of hydrogen-bond acceptors (Lipinski definition) is 5. The third-order valence-electron chi connectivity index (χ3n) is 4.57. The average molecular weight is 455 g/mol. The molecule has 1 atom stereocenters. The summed E-state index contributed by atoms with van der Waals surface area (Å²) in [7, 11) is 0. The minimum atomic E-state index is -0.287. The van der Waals surface area contributed by atoms with Crippen LogP contribution >= 0.6 is 36.2 Å². The summed E-state index contributed by atoms with van der Waals surface area (Å²) in [4.78, 5) is 23.6. The van der Waals surface area contributed by atoms with Crippen molar-refractivity contribution in [2.45, 2.75) is 12.5 Å². The van der Waals surface area contributed by atoms with Crippen LogP contribution in [0.25, 0.3) is 10.7 Å². The molecule has 0 aliphatic carbocycles. The van der Waals surface area contributed by atoms with Crippen molar-refractivity contribution in [3.8, 4) is 10.7 Å². The Morgan fingerprint density at radius 1 is 1.24 bits per heavy atom. The van der Waals surface area contributed by atoms with Gasteiger partial charge in [-0.15, -0.1) is 36.2 Å². The topological polar surface area (TPSA) is 58.1 Å². The van der Waals surface area contributed by atoms with Gasteiger partial charge in [-0.3, -0.25) is 9.78 Å². The fraction of sp³-hybridized carbons (Fsp3) is 0.250. The first-order chi connectivity index (χ1) is 13.2. The van der Waals surface area contributed by atoms with Crippen LogP contribution in [-0.2, 0) is 11.2 Å². The predicted octanol–water partition coefficient (Wildman–Crippen LogP) is 3.90. The molecule has 1 amide bonds. The van der Waals surface area contributed by atoms with Gasteiger partial charge in [-0.1, -0.05) is 18.2 Å². The van der Waals surface area contributed by atoms with E-state index in [-0.39, 0.29) is 49.0 Å². The Morgan fingerprint density at radius 2 is 2.10 bits per heavy atom. The fourth-order valence-corrected chi connectivity index (χ4v) is 4.06. The van der Waals surface area contributed by atoms with Crippen LogP contribution in [0.1, 0.15) is 17.3 Å². The van der Waals surface area contributed by atoms with Gasteiger partial charge < -0.3 is 10.2 Å². The van der Waals surface area contributed by atoms with Crippen molar-refractivity contribution in [1.82, 2.24) is 20.2 Å². The molecule has 3 aromatic rings. The van der Waals surface area contributed by atoms with Crippen molar-refractivity contribution < 1.29 is 9.18 Å². The van der Waals surface area contributed by atoms with E-state index in [2.05, 4.69) is 15.3 Å². The first kappa shape index (κ1) is 23.2. The lowest BCUT2D eigenvalue weighted by Crippen LogP contribution is -2.49. The van der Waals surface area contributed by atoms with Gasteiger partial charge in [-0.05, 0) is 29.8 Å². The molecule has 9 heteroatoms. The van der Waals surface area contributed by atoms with Crippen LogP contribution in [-0.4, -0.2) is 40.4 Å². The molecule has 3 heterocycles. The van der Waals surface area contributed by atoms with Gasteiger partial charge in [0.2, 0.25) is 5.91 Å². The molecule has 0 spiro atoms. The molecule has 0 bridgehead atoms. The Morgan fingerprint density at radius 3 is 2.86 bits per heavy atom. The molecule has 1 aliphatic rings. The smallest absolute Gasteiger partial charge is 0.229 e. The largest absolute Gasteiger partial charge is 0.333 e. The first-order valence-corrected chi connectivity index (χ1v) is 9.70. The second kappa shape index (κ2) is 10.6. The highest BCUT2D eigenvalue weighted by Gasteiger charge is 2.28. The van der Waals surface area contributed by atoms with Crippen LogP contribution in [0.3, 0.4) is 0 Å². The average Bonchev–Trinajstić information content (AvgIpc) is 3.17. The lowest BCUT2D eigenvalue weighted by atomic mass is 10.0. The van der Waals surface area contributed by atoms with Gasteiger partial charge in [-0.25, -0.2) is 9.37 Å². The number of rotatable bonds is 4. The number of amides is 1. The summed E-state index contributed by atoms with van der Waals surface area (Å²) in [5.74, 6) is -0.284. The Hall–Kier alpha value is -2.06. The second-order valence-electron chi connectivity index (χ2n) is 6.40. The molecular weight excluding hydrogens is 434 g/mol. The minimum absolute atomic E-state index is 0. The maximum atomic E-state index is 13.6. The summed E-state index contributed by atoms with van der Waals surface area (Å²) >= 11 is 1.48. The molecule has 4 rings (SSSR count). The molecule has 1 saturated heterocycles. The maximum Gasteiger partial charge on any atom is 0.229 e. The van der Waals surface area contributed by atoms with E-state index in [1.807, 2.05) is 34.5 Å².